The van der Waals surface area contributed by atoms with Crippen molar-refractivity contribution in [1.29, 1.82) is 0 Å². The van der Waals surface area contributed by atoms with Crippen LogP contribution in [0.5, 0.6) is 5.75 Å². The van der Waals surface area contributed by atoms with E-state index in [0.717, 1.165) is 29.7 Å². The van der Waals surface area contributed by atoms with Crippen molar-refractivity contribution in [3.63, 3.8) is 0 Å². The number of rotatable bonds is 12. The monoisotopic (exact) mass is 597 g/mol. The second-order valence-electron chi connectivity index (χ2n) is 11.6. The summed E-state index contributed by atoms with van der Waals surface area (Å²) in [5.41, 5.74) is 2.09. The van der Waals surface area contributed by atoms with Gasteiger partial charge in [0.2, 0.25) is 15.7 Å². The predicted molar refractivity (Wildman–Crippen MR) is 166 cm³/mol. The number of imidazole rings is 1. The van der Waals surface area contributed by atoms with E-state index >= 15 is 0 Å². The van der Waals surface area contributed by atoms with Gasteiger partial charge in [0.1, 0.15) is 5.75 Å². The first-order valence-electron chi connectivity index (χ1n) is 14.2. The van der Waals surface area contributed by atoms with E-state index in [2.05, 4.69) is 49.9 Å². The summed E-state index contributed by atoms with van der Waals surface area (Å²) in [5.74, 6) is 1.53. The molecular formula is C31H40N5NaO4Si. The van der Waals surface area contributed by atoms with E-state index in [1.807, 2.05) is 48.5 Å². The fraction of sp³-hybridized carbons (Fsp3) is 0.419. The zero-order valence-corrected chi connectivity index (χ0v) is 29.3. The molecule has 0 unspecified atom stereocenters. The minimum absolute atomic E-state index is 0. The summed E-state index contributed by atoms with van der Waals surface area (Å²) in [7, 11) is -0.937. The average Bonchev–Trinajstić information content (AvgIpc) is 3.35. The molecule has 2 aromatic carbocycles. The zero-order chi connectivity index (χ0) is 29.7. The Kier molecular flexibility index (Phi) is 11.6. The molecule has 9 nitrogen and oxygen atoms in total. The maximum Gasteiger partial charge on any atom is 1.00 e. The number of carbonyl (C=O) groups excluding carboxylic acids is 1. The fourth-order valence-corrected chi connectivity index (χ4v) is 5.51. The number of unbranched alkanes of at least 4 members (excludes halogenated alkanes) is 1. The van der Waals surface area contributed by atoms with Crippen LogP contribution in [0.3, 0.4) is 0 Å². The maximum atomic E-state index is 13.7. The smallest absolute Gasteiger partial charge is 0.549 e. The molecule has 0 saturated carbocycles. The van der Waals surface area contributed by atoms with Gasteiger partial charge in [-0.3, -0.25) is 18.7 Å². The zero-order valence-electron chi connectivity index (χ0n) is 25.9. The third-order valence-corrected chi connectivity index (χ3v) is 9.70. The summed E-state index contributed by atoms with van der Waals surface area (Å²) in [5, 5.41) is 2.85. The first-order chi connectivity index (χ1) is 19.5. The topological polar surface area (TPSA) is 109 Å². The van der Waals surface area contributed by atoms with Crippen molar-refractivity contribution in [2.45, 2.75) is 78.9 Å². The summed E-state index contributed by atoms with van der Waals surface area (Å²) in [6, 6.07) is 15.0. The third-order valence-electron chi connectivity index (χ3n) is 7.69. The molecule has 2 aromatic heterocycles. The first-order valence-corrected chi connectivity index (χ1v) is 15.5. The van der Waals surface area contributed by atoms with E-state index in [1.165, 1.54) is 11.5 Å². The molecule has 0 aliphatic rings. The second-order valence-corrected chi connectivity index (χ2v) is 14.0. The Hall–Kier alpha value is -2.92. The van der Waals surface area contributed by atoms with Crippen LogP contribution in [-0.2, 0) is 24.3 Å². The van der Waals surface area contributed by atoms with Crippen molar-refractivity contribution in [3.8, 4) is 5.75 Å². The molecule has 1 N–H and O–H groups in total. The molecule has 0 bridgehead atoms. The Morgan fingerprint density at radius 2 is 1.79 bits per heavy atom. The number of benzene rings is 2. The molecule has 0 aliphatic heterocycles. The SMILES string of the molecule is CCCCn1c(=O)n(Cc2ccccc2O[SiH2]C(C)(C)C(C)C)c(=O)c2[n-]c(Cc3ccc(NC(C)=O)cc3)nc21.[Na+]. The van der Waals surface area contributed by atoms with Crippen LogP contribution in [-0.4, -0.2) is 29.8 Å². The van der Waals surface area contributed by atoms with Crippen LogP contribution in [0.1, 0.15) is 71.3 Å². The maximum absolute atomic E-state index is 13.7. The van der Waals surface area contributed by atoms with E-state index < -0.39 is 21.0 Å². The third kappa shape index (κ3) is 7.92. The molecule has 4 rings (SSSR count). The Bertz CT molecular complexity index is 1640. The van der Waals surface area contributed by atoms with Gasteiger partial charge in [-0.25, -0.2) is 4.79 Å². The van der Waals surface area contributed by atoms with Crippen molar-refractivity contribution in [2.75, 3.05) is 5.32 Å². The number of hydrogen-bond acceptors (Lipinski definition) is 5. The van der Waals surface area contributed by atoms with Gasteiger partial charge < -0.3 is 19.7 Å². The number of para-hydroxylation sites is 1. The number of carbonyl (C=O) groups is 1. The predicted octanol–water partition coefficient (Wildman–Crippen LogP) is 1.23. The standard InChI is InChI=1S/C31H41N5O4Si.Na/c1-7-8-17-35-28-27(33-26(34-28)18-22-13-15-24(16-14-22)32-21(4)37)29(38)36(30(35)39)19-23-11-9-10-12-25(23)40-41-31(5,6)20(2)3;/h9-16,20H,7-8,17-19,41H2,1-6H3,(H2,32,33,34,37,38);/q;+1/p-1. The Balaban J connectivity index is 0.00000484. The summed E-state index contributed by atoms with van der Waals surface area (Å²) < 4.78 is 9.20. The first kappa shape index (κ1) is 33.6. The molecule has 4 aromatic rings. The molecule has 0 saturated heterocycles. The van der Waals surface area contributed by atoms with Crippen molar-refractivity contribution in [2.24, 2.45) is 5.92 Å². The van der Waals surface area contributed by atoms with E-state index in [4.69, 9.17) is 4.43 Å². The second kappa shape index (κ2) is 14.5. The molecule has 42 heavy (non-hydrogen) atoms. The van der Waals surface area contributed by atoms with Gasteiger partial charge in [-0.05, 0) is 47.6 Å². The summed E-state index contributed by atoms with van der Waals surface area (Å²) in [6.45, 7) is 12.9. The Labute approximate surface area is 271 Å². The molecule has 0 radical (unpaired) electrons. The molecule has 0 atom stereocenters. The van der Waals surface area contributed by atoms with Gasteiger partial charge in [-0.1, -0.05) is 77.2 Å². The largest absolute Gasteiger partial charge is 1.00 e. The minimum atomic E-state index is -0.937. The van der Waals surface area contributed by atoms with Crippen LogP contribution in [0.2, 0.25) is 5.04 Å². The number of aromatic nitrogens is 4. The van der Waals surface area contributed by atoms with Crippen molar-refractivity contribution < 1.29 is 38.8 Å². The number of aryl methyl sites for hydroxylation is 1. The number of nitrogens with zero attached hydrogens (tertiary/aromatic N) is 4. The van der Waals surface area contributed by atoms with Gasteiger partial charge in [0.15, 0.2) is 0 Å². The van der Waals surface area contributed by atoms with Gasteiger partial charge in [0, 0.05) is 35.9 Å². The van der Waals surface area contributed by atoms with Crippen LogP contribution in [0.15, 0.2) is 58.1 Å². The van der Waals surface area contributed by atoms with Crippen molar-refractivity contribution in [1.82, 2.24) is 19.1 Å². The molecule has 1 amide bonds. The van der Waals surface area contributed by atoms with E-state index in [9.17, 15) is 14.4 Å². The van der Waals surface area contributed by atoms with Crippen LogP contribution in [0.4, 0.5) is 5.69 Å². The van der Waals surface area contributed by atoms with E-state index in [1.54, 1.807) is 4.57 Å². The Morgan fingerprint density at radius 1 is 1.10 bits per heavy atom. The quantitative estimate of drug-likeness (QED) is 0.246. The van der Waals surface area contributed by atoms with Gasteiger partial charge in [0.05, 0.1) is 6.54 Å². The molecular weight excluding hydrogens is 557 g/mol. The van der Waals surface area contributed by atoms with Gasteiger partial charge in [-0.15, -0.1) is 0 Å². The van der Waals surface area contributed by atoms with Crippen LogP contribution >= 0.6 is 0 Å². The number of hydrogen-bond donors (Lipinski definition) is 1. The number of fused-ring (bicyclic) bond motifs is 1. The molecule has 0 fully saturated rings. The van der Waals surface area contributed by atoms with Crippen molar-refractivity contribution in [3.05, 3.63) is 86.3 Å². The summed E-state index contributed by atoms with van der Waals surface area (Å²) >= 11 is 0. The molecule has 0 aliphatic carbocycles. The normalized spacial score (nSPS) is 11.8. The van der Waals surface area contributed by atoms with Gasteiger partial charge >= 0.3 is 35.2 Å². The van der Waals surface area contributed by atoms with Crippen LogP contribution in [0.25, 0.3) is 11.2 Å². The van der Waals surface area contributed by atoms with Crippen molar-refractivity contribution >= 4 is 32.5 Å². The van der Waals surface area contributed by atoms with E-state index in [-0.39, 0.29) is 52.6 Å². The van der Waals surface area contributed by atoms with Crippen LogP contribution < -0.4 is 55.5 Å². The molecule has 11 heteroatoms. The van der Waals surface area contributed by atoms with Gasteiger partial charge in [0.25, 0.3) is 5.56 Å². The molecule has 2 heterocycles. The number of amides is 1. The van der Waals surface area contributed by atoms with Crippen LogP contribution in [0, 0.1) is 5.92 Å². The average molecular weight is 598 g/mol. The van der Waals surface area contributed by atoms with Gasteiger partial charge in [-0.2, -0.15) is 0 Å². The minimum Gasteiger partial charge on any atom is -0.549 e. The summed E-state index contributed by atoms with van der Waals surface area (Å²) in [6.07, 6.45) is 2.06. The summed E-state index contributed by atoms with van der Waals surface area (Å²) in [4.78, 5) is 48.0. The number of anilines is 1. The van der Waals surface area contributed by atoms with E-state index in [0.29, 0.717) is 36.0 Å². The Morgan fingerprint density at radius 3 is 2.43 bits per heavy atom. The fourth-order valence-electron chi connectivity index (χ4n) is 4.37. The molecule has 218 valence electrons. The molecule has 0 spiro atoms. The number of nitrogens with one attached hydrogen (secondary N) is 1.